The Bertz CT molecular complexity index is 2100. The number of aromatic nitrogens is 4. The lowest BCUT2D eigenvalue weighted by molar-refractivity contribution is -0.153. The number of aromatic amines is 1. The summed E-state index contributed by atoms with van der Waals surface area (Å²) in [5.41, 5.74) is 5.78. The molecule has 5 aliphatic rings. The maximum atomic E-state index is 14.1. The highest BCUT2D eigenvalue weighted by Gasteiger charge is 2.47. The first kappa shape index (κ1) is 34.4. The molecule has 1 aliphatic carbocycles. The lowest BCUT2D eigenvalue weighted by Gasteiger charge is -2.54. The zero-order valence-corrected chi connectivity index (χ0v) is 30.7. The number of carbonyl (C=O) groups excluding carboxylic acids is 1. The Morgan fingerprint density at radius 1 is 1.02 bits per heavy atom. The van der Waals surface area contributed by atoms with Crippen molar-refractivity contribution in [3.63, 3.8) is 0 Å². The molecule has 0 bridgehead atoms. The van der Waals surface area contributed by atoms with Crippen LogP contribution in [-0.4, -0.2) is 107 Å². The van der Waals surface area contributed by atoms with Crippen LogP contribution in [0.3, 0.4) is 0 Å². The van der Waals surface area contributed by atoms with Crippen molar-refractivity contribution in [3.05, 3.63) is 47.7 Å². The van der Waals surface area contributed by atoms with Crippen LogP contribution in [-0.2, 0) is 4.79 Å². The molecular weight excluding hydrogens is 681 g/mol. The van der Waals surface area contributed by atoms with Crippen molar-refractivity contribution in [2.24, 2.45) is 11.3 Å². The molecule has 280 valence electrons. The number of amides is 1. The quantitative estimate of drug-likeness (QED) is 0.199. The standard InChI is InChI=1S/C40H47F3N8O2/c1-5-32(52)51-20-39(21-51)9-12-48(13-10-39)37-29-15-28(26-6-7-26)34(33-25(4)24(3)14-31-30(33)16-44-47-31)36(53-22-40(41,42)43)35(29)45-38(46-37)50-18-27(19-50)49-11-8-23(2)17-49/h5,14-16,23,26-27H,1,6-13,17-22H2,2-4H3,(H,44,47). The van der Waals surface area contributed by atoms with Crippen LogP contribution in [0.5, 0.6) is 5.75 Å². The molecule has 1 atom stereocenters. The molecule has 1 amide bonds. The number of rotatable bonds is 8. The third-order valence-corrected chi connectivity index (χ3v) is 12.6. The van der Waals surface area contributed by atoms with Crippen molar-refractivity contribution < 1.29 is 22.7 Å². The molecule has 4 saturated heterocycles. The normalized spacial score (nSPS) is 22.2. The van der Waals surface area contributed by atoms with E-state index in [0.717, 1.165) is 109 Å². The number of hydrogen-bond donors (Lipinski definition) is 1. The molecule has 1 saturated carbocycles. The van der Waals surface area contributed by atoms with Crippen molar-refractivity contribution in [1.29, 1.82) is 0 Å². The first-order chi connectivity index (χ1) is 25.4. The number of H-pyrrole nitrogens is 1. The van der Waals surface area contributed by atoms with E-state index in [9.17, 15) is 18.0 Å². The number of aryl methyl sites for hydroxylation is 1. The zero-order valence-electron chi connectivity index (χ0n) is 30.7. The van der Waals surface area contributed by atoms with Gasteiger partial charge in [-0.05, 0) is 105 Å². The van der Waals surface area contributed by atoms with Gasteiger partial charge >= 0.3 is 6.18 Å². The molecule has 2 aromatic carbocycles. The fraction of sp³-hybridized carbons (Fsp3) is 0.550. The zero-order chi connectivity index (χ0) is 36.8. The largest absolute Gasteiger partial charge is 0.481 e. The molecule has 4 aromatic rings. The van der Waals surface area contributed by atoms with E-state index in [2.05, 4.69) is 44.5 Å². The summed E-state index contributed by atoms with van der Waals surface area (Å²) < 4.78 is 48.4. The molecule has 2 aromatic heterocycles. The van der Waals surface area contributed by atoms with E-state index in [-0.39, 0.29) is 23.0 Å². The first-order valence-corrected chi connectivity index (χ1v) is 19.1. The fourth-order valence-corrected chi connectivity index (χ4v) is 9.24. The molecule has 1 unspecified atom stereocenters. The number of likely N-dealkylation sites (tertiary alicyclic amines) is 2. The van der Waals surface area contributed by atoms with Crippen LogP contribution in [0.2, 0.25) is 0 Å². The number of nitrogens with one attached hydrogen (secondary N) is 1. The van der Waals surface area contributed by atoms with Gasteiger partial charge in [-0.25, -0.2) is 4.98 Å². The summed E-state index contributed by atoms with van der Waals surface area (Å²) in [5, 5.41) is 8.99. The number of anilines is 2. The first-order valence-electron chi connectivity index (χ1n) is 19.1. The van der Waals surface area contributed by atoms with Crippen LogP contribution >= 0.6 is 0 Å². The number of carbonyl (C=O) groups is 1. The van der Waals surface area contributed by atoms with Crippen molar-refractivity contribution in [2.75, 3.05) is 68.8 Å². The van der Waals surface area contributed by atoms with Gasteiger partial charge in [0.15, 0.2) is 12.4 Å². The maximum absolute atomic E-state index is 14.1. The number of benzene rings is 2. The van der Waals surface area contributed by atoms with E-state index >= 15 is 0 Å². The second kappa shape index (κ2) is 12.6. The molecule has 1 spiro atoms. The molecule has 5 fully saturated rings. The van der Waals surface area contributed by atoms with E-state index in [1.54, 1.807) is 6.20 Å². The van der Waals surface area contributed by atoms with Gasteiger partial charge in [0, 0.05) is 73.6 Å². The highest BCUT2D eigenvalue weighted by Crippen LogP contribution is 2.54. The monoisotopic (exact) mass is 728 g/mol. The molecule has 53 heavy (non-hydrogen) atoms. The molecule has 9 rings (SSSR count). The third-order valence-electron chi connectivity index (χ3n) is 12.6. The van der Waals surface area contributed by atoms with Crippen LogP contribution in [0, 0.1) is 25.2 Å². The summed E-state index contributed by atoms with van der Waals surface area (Å²) in [6.45, 7) is 15.1. The average molecular weight is 729 g/mol. The van der Waals surface area contributed by atoms with Gasteiger partial charge in [0.2, 0.25) is 11.9 Å². The third kappa shape index (κ3) is 6.08. The van der Waals surface area contributed by atoms with Gasteiger partial charge in [0.1, 0.15) is 11.3 Å². The van der Waals surface area contributed by atoms with Crippen LogP contribution in [0.25, 0.3) is 32.9 Å². The number of piperidine rings is 1. The summed E-state index contributed by atoms with van der Waals surface area (Å²) in [5.74, 6) is 2.26. The minimum absolute atomic E-state index is 0.0351. The van der Waals surface area contributed by atoms with E-state index < -0.39 is 12.8 Å². The number of halogens is 3. The number of nitrogens with zero attached hydrogens (tertiary/aromatic N) is 7. The molecular formula is C40H47F3N8O2. The van der Waals surface area contributed by atoms with Gasteiger partial charge in [-0.1, -0.05) is 13.5 Å². The van der Waals surface area contributed by atoms with E-state index in [4.69, 9.17) is 14.7 Å². The van der Waals surface area contributed by atoms with Crippen molar-refractivity contribution >= 4 is 39.5 Å². The van der Waals surface area contributed by atoms with Crippen LogP contribution in [0.4, 0.5) is 24.9 Å². The highest BCUT2D eigenvalue weighted by molar-refractivity contribution is 6.06. The lowest BCUT2D eigenvalue weighted by Crippen LogP contribution is -2.61. The SMILES string of the molecule is C=CC(=O)N1CC2(CCN(c3nc(N4CC(N5CCC(C)C5)C4)nc4c(OCC(F)(F)F)c(-c5c(C)c(C)cc6[nH]ncc56)c(C5CC5)cc34)CC2)C1. The summed E-state index contributed by atoms with van der Waals surface area (Å²) in [6.07, 6.45) is 3.45. The predicted octanol–water partition coefficient (Wildman–Crippen LogP) is 6.75. The van der Waals surface area contributed by atoms with Gasteiger partial charge in [0.05, 0.1) is 11.7 Å². The number of ether oxygens (including phenoxy) is 1. The van der Waals surface area contributed by atoms with Gasteiger partial charge < -0.3 is 19.4 Å². The van der Waals surface area contributed by atoms with E-state index in [0.29, 0.717) is 42.1 Å². The van der Waals surface area contributed by atoms with Gasteiger partial charge in [-0.15, -0.1) is 0 Å². The molecule has 1 N–H and O–H groups in total. The Morgan fingerprint density at radius 3 is 2.43 bits per heavy atom. The smallest absolute Gasteiger partial charge is 0.422 e. The van der Waals surface area contributed by atoms with Crippen molar-refractivity contribution in [2.45, 2.75) is 71.0 Å². The minimum atomic E-state index is -4.55. The Morgan fingerprint density at radius 2 is 1.77 bits per heavy atom. The average Bonchev–Trinajstić information content (AvgIpc) is 3.70. The molecule has 4 aliphatic heterocycles. The Labute approximate surface area is 307 Å². The Balaban J connectivity index is 1.20. The molecule has 13 heteroatoms. The second-order valence-electron chi connectivity index (χ2n) is 16.4. The fourth-order valence-electron chi connectivity index (χ4n) is 9.24. The number of hydrogen-bond acceptors (Lipinski definition) is 8. The summed E-state index contributed by atoms with van der Waals surface area (Å²) in [4.78, 5) is 31.5. The Kier molecular flexibility index (Phi) is 8.17. The maximum Gasteiger partial charge on any atom is 0.422 e. The Hall–Kier alpha value is -4.39. The van der Waals surface area contributed by atoms with E-state index in [1.165, 1.54) is 12.5 Å². The van der Waals surface area contributed by atoms with Crippen molar-refractivity contribution in [1.82, 2.24) is 30.0 Å². The molecule has 10 nitrogen and oxygen atoms in total. The molecule has 0 radical (unpaired) electrons. The lowest BCUT2D eigenvalue weighted by atomic mass is 9.72. The predicted molar refractivity (Wildman–Crippen MR) is 200 cm³/mol. The summed E-state index contributed by atoms with van der Waals surface area (Å²) in [6, 6.07) is 4.58. The number of fused-ring (bicyclic) bond motifs is 2. The van der Waals surface area contributed by atoms with Crippen LogP contribution in [0.1, 0.15) is 61.6 Å². The summed E-state index contributed by atoms with van der Waals surface area (Å²) >= 11 is 0. The van der Waals surface area contributed by atoms with Gasteiger partial charge in [0.25, 0.3) is 0 Å². The molecule has 6 heterocycles. The van der Waals surface area contributed by atoms with E-state index in [1.807, 2.05) is 24.8 Å². The van der Waals surface area contributed by atoms with Gasteiger partial charge in [-0.3, -0.25) is 14.8 Å². The summed E-state index contributed by atoms with van der Waals surface area (Å²) in [7, 11) is 0. The number of alkyl halides is 3. The van der Waals surface area contributed by atoms with Gasteiger partial charge in [-0.2, -0.15) is 23.3 Å². The second-order valence-corrected chi connectivity index (χ2v) is 16.4. The topological polar surface area (TPSA) is 93.7 Å². The van der Waals surface area contributed by atoms with Crippen molar-refractivity contribution in [3.8, 4) is 16.9 Å². The van der Waals surface area contributed by atoms with Crippen LogP contribution in [0.15, 0.2) is 31.0 Å². The highest BCUT2D eigenvalue weighted by atomic mass is 19.4. The minimum Gasteiger partial charge on any atom is -0.481 e. The van der Waals surface area contributed by atoms with Crippen LogP contribution < -0.4 is 14.5 Å².